The van der Waals surface area contributed by atoms with Gasteiger partial charge in [0.15, 0.2) is 11.0 Å². The summed E-state index contributed by atoms with van der Waals surface area (Å²) in [7, 11) is 2.77. The highest BCUT2D eigenvalue weighted by molar-refractivity contribution is 6.30. The number of carbonyl (C=O) groups excluding carboxylic acids is 2. The highest BCUT2D eigenvalue weighted by Gasteiger charge is 2.32. The predicted octanol–water partition coefficient (Wildman–Crippen LogP) is 2.57. The van der Waals surface area contributed by atoms with Gasteiger partial charge in [-0.15, -0.1) is 0 Å². The number of aryl methyl sites for hydroxylation is 1. The molecule has 1 fully saturated rings. The van der Waals surface area contributed by atoms with Crippen molar-refractivity contribution in [3.05, 3.63) is 46.3 Å². The molecule has 1 saturated heterocycles. The van der Waals surface area contributed by atoms with Gasteiger partial charge in [-0.05, 0) is 31.0 Å². The number of aromatic amines is 1. The molecule has 1 aliphatic heterocycles. The van der Waals surface area contributed by atoms with Crippen LogP contribution >= 0.6 is 11.6 Å². The summed E-state index contributed by atoms with van der Waals surface area (Å²) < 4.78 is 24.2. The quantitative estimate of drug-likeness (QED) is 0.673. The van der Waals surface area contributed by atoms with Gasteiger partial charge < -0.3 is 24.7 Å². The molecule has 2 aromatic rings. The Hall–Kier alpha value is -2.65. The summed E-state index contributed by atoms with van der Waals surface area (Å²) in [6.45, 7) is 2.95. The Morgan fingerprint density at radius 1 is 1.40 bits per heavy atom. The number of piperidine rings is 1. The molecule has 10 heteroatoms. The summed E-state index contributed by atoms with van der Waals surface area (Å²) in [6.07, 6.45) is 0.915. The van der Waals surface area contributed by atoms with Crippen LogP contribution in [0.3, 0.4) is 0 Å². The molecule has 0 bridgehead atoms. The lowest BCUT2D eigenvalue weighted by atomic mass is 10.0. The molecule has 0 aliphatic carbocycles. The van der Waals surface area contributed by atoms with Crippen LogP contribution in [0, 0.1) is 5.82 Å². The van der Waals surface area contributed by atoms with Crippen LogP contribution in [-0.4, -0.2) is 61.3 Å². The number of anilines is 1. The zero-order valence-corrected chi connectivity index (χ0v) is 17.8. The number of benzene rings is 1. The lowest BCUT2D eigenvalue weighted by Crippen LogP contribution is -2.55. The lowest BCUT2D eigenvalue weighted by Gasteiger charge is -2.39. The summed E-state index contributed by atoms with van der Waals surface area (Å²) >= 11 is 6.02. The Labute approximate surface area is 178 Å². The molecule has 0 saturated carbocycles. The van der Waals surface area contributed by atoms with Crippen molar-refractivity contribution in [3.8, 4) is 0 Å². The van der Waals surface area contributed by atoms with E-state index in [4.69, 9.17) is 16.3 Å². The average Bonchev–Trinajstić information content (AvgIpc) is 3.14. The first-order valence-electron chi connectivity index (χ1n) is 9.58. The van der Waals surface area contributed by atoms with Crippen molar-refractivity contribution >= 4 is 29.2 Å². The molecule has 1 aromatic heterocycles. The van der Waals surface area contributed by atoms with Gasteiger partial charge in [0.25, 0.3) is 5.91 Å². The Morgan fingerprint density at radius 2 is 2.17 bits per heavy atom. The fourth-order valence-corrected chi connectivity index (χ4v) is 3.76. The summed E-state index contributed by atoms with van der Waals surface area (Å²) in [6, 6.07) is 4.06. The standard InChI is InChI=1S/C20H24ClFN4O4/c1-4-14-17(21)25-18(23-14)19(27)24-15-7-8-26(10-16(15)29-2)11-5-6-13(22)12(9-11)20(28)30-3/h5-6,9,15-16H,4,7-8,10H2,1-3H3,(H,23,25)(H,24,27). The number of ether oxygens (including phenoxy) is 2. The zero-order valence-electron chi connectivity index (χ0n) is 17.0. The lowest BCUT2D eigenvalue weighted by molar-refractivity contribution is 0.0537. The molecule has 30 heavy (non-hydrogen) atoms. The van der Waals surface area contributed by atoms with E-state index in [1.807, 2.05) is 11.8 Å². The molecule has 2 N–H and O–H groups in total. The van der Waals surface area contributed by atoms with Gasteiger partial charge in [0.2, 0.25) is 0 Å². The van der Waals surface area contributed by atoms with E-state index in [-0.39, 0.29) is 29.4 Å². The molecule has 1 amide bonds. The van der Waals surface area contributed by atoms with Gasteiger partial charge in [-0.2, -0.15) is 0 Å². The van der Waals surface area contributed by atoms with Crippen molar-refractivity contribution in [2.24, 2.45) is 0 Å². The van der Waals surface area contributed by atoms with Crippen molar-refractivity contribution in [1.29, 1.82) is 0 Å². The minimum Gasteiger partial charge on any atom is -0.465 e. The molecule has 0 spiro atoms. The number of methoxy groups -OCH3 is 2. The first-order chi connectivity index (χ1) is 14.4. The molecule has 3 rings (SSSR count). The minimum absolute atomic E-state index is 0.124. The minimum atomic E-state index is -0.733. The van der Waals surface area contributed by atoms with E-state index in [2.05, 4.69) is 20.0 Å². The fourth-order valence-electron chi connectivity index (χ4n) is 3.50. The molecular formula is C20H24ClFN4O4. The average molecular weight is 439 g/mol. The van der Waals surface area contributed by atoms with Crippen LogP contribution in [0.5, 0.6) is 0 Å². The Morgan fingerprint density at radius 3 is 2.80 bits per heavy atom. The van der Waals surface area contributed by atoms with Crippen LogP contribution in [0.1, 0.15) is 40.0 Å². The maximum absolute atomic E-state index is 13.9. The molecular weight excluding hydrogens is 415 g/mol. The number of amides is 1. The van der Waals surface area contributed by atoms with Crippen LogP contribution in [0.15, 0.2) is 18.2 Å². The number of aromatic nitrogens is 2. The summed E-state index contributed by atoms with van der Waals surface area (Å²) in [5.41, 5.74) is 1.26. The number of imidazole rings is 1. The van der Waals surface area contributed by atoms with Crippen molar-refractivity contribution in [1.82, 2.24) is 15.3 Å². The zero-order chi connectivity index (χ0) is 21.8. The number of hydrogen-bond donors (Lipinski definition) is 2. The van der Waals surface area contributed by atoms with E-state index in [1.54, 1.807) is 13.2 Å². The van der Waals surface area contributed by atoms with Crippen molar-refractivity contribution in [2.45, 2.75) is 31.9 Å². The van der Waals surface area contributed by atoms with Gasteiger partial charge in [0.1, 0.15) is 5.82 Å². The number of nitrogens with zero attached hydrogens (tertiary/aromatic N) is 2. The van der Waals surface area contributed by atoms with Crippen LogP contribution < -0.4 is 10.2 Å². The third kappa shape index (κ3) is 4.57. The molecule has 8 nitrogen and oxygen atoms in total. The highest BCUT2D eigenvalue weighted by Crippen LogP contribution is 2.25. The van der Waals surface area contributed by atoms with Gasteiger partial charge >= 0.3 is 5.97 Å². The maximum atomic E-state index is 13.9. The van der Waals surface area contributed by atoms with Crippen LogP contribution in [0.25, 0.3) is 0 Å². The van der Waals surface area contributed by atoms with Gasteiger partial charge in [-0.3, -0.25) is 4.79 Å². The van der Waals surface area contributed by atoms with E-state index in [0.29, 0.717) is 42.5 Å². The second-order valence-corrected chi connectivity index (χ2v) is 7.31. The Kier molecular flexibility index (Phi) is 6.94. The summed E-state index contributed by atoms with van der Waals surface area (Å²) in [5, 5.41) is 3.23. The third-order valence-electron chi connectivity index (χ3n) is 5.20. The first-order valence-corrected chi connectivity index (χ1v) is 9.96. The van der Waals surface area contributed by atoms with Crippen molar-refractivity contribution < 1.29 is 23.5 Å². The number of esters is 1. The van der Waals surface area contributed by atoms with Crippen LogP contribution in [0.4, 0.5) is 10.1 Å². The molecule has 2 atom stereocenters. The van der Waals surface area contributed by atoms with Crippen LogP contribution in [-0.2, 0) is 15.9 Å². The molecule has 162 valence electrons. The highest BCUT2D eigenvalue weighted by atomic mass is 35.5. The topological polar surface area (TPSA) is 96.6 Å². The summed E-state index contributed by atoms with van der Waals surface area (Å²) in [4.78, 5) is 33.3. The molecule has 0 radical (unpaired) electrons. The predicted molar refractivity (Wildman–Crippen MR) is 110 cm³/mol. The van der Waals surface area contributed by atoms with E-state index in [0.717, 1.165) is 0 Å². The third-order valence-corrected chi connectivity index (χ3v) is 5.51. The maximum Gasteiger partial charge on any atom is 0.340 e. The van der Waals surface area contributed by atoms with Crippen LogP contribution in [0.2, 0.25) is 5.15 Å². The smallest absolute Gasteiger partial charge is 0.340 e. The number of H-pyrrole nitrogens is 1. The molecule has 1 aliphatic rings. The van der Waals surface area contributed by atoms with E-state index >= 15 is 0 Å². The molecule has 2 unspecified atom stereocenters. The fraction of sp³-hybridized carbons (Fsp3) is 0.450. The van der Waals surface area contributed by atoms with E-state index in [9.17, 15) is 14.0 Å². The monoisotopic (exact) mass is 438 g/mol. The number of nitrogens with one attached hydrogen (secondary N) is 2. The normalized spacial score (nSPS) is 18.9. The van der Waals surface area contributed by atoms with Gasteiger partial charge in [0, 0.05) is 25.9 Å². The summed E-state index contributed by atoms with van der Waals surface area (Å²) in [5.74, 6) is -1.56. The van der Waals surface area contributed by atoms with E-state index < -0.39 is 11.8 Å². The number of rotatable bonds is 6. The molecule has 1 aromatic carbocycles. The van der Waals surface area contributed by atoms with E-state index in [1.165, 1.54) is 19.2 Å². The SMILES string of the molecule is CCc1[nH]c(C(=O)NC2CCN(c3ccc(F)c(C(=O)OC)c3)CC2OC)nc1Cl. The molecule has 2 heterocycles. The first kappa shape index (κ1) is 22.0. The van der Waals surface area contributed by atoms with Gasteiger partial charge in [-0.25, -0.2) is 14.2 Å². The van der Waals surface area contributed by atoms with Gasteiger partial charge in [0.05, 0.1) is 30.5 Å². The van der Waals surface area contributed by atoms with Gasteiger partial charge in [-0.1, -0.05) is 18.5 Å². The number of halogens is 2. The number of hydrogen-bond acceptors (Lipinski definition) is 6. The number of carbonyl (C=O) groups is 2. The second kappa shape index (κ2) is 9.44. The second-order valence-electron chi connectivity index (χ2n) is 6.95. The van der Waals surface area contributed by atoms with Crippen molar-refractivity contribution in [2.75, 3.05) is 32.2 Å². The Balaban J connectivity index is 1.70. The largest absolute Gasteiger partial charge is 0.465 e. The van der Waals surface area contributed by atoms with Crippen molar-refractivity contribution in [3.63, 3.8) is 0 Å². The Bertz CT molecular complexity index is 936.